The van der Waals surface area contributed by atoms with Crippen LogP contribution in [0.2, 0.25) is 0 Å². The number of halogens is 4. The molecule has 0 amide bonds. The van der Waals surface area contributed by atoms with Gasteiger partial charge in [-0.1, -0.05) is 15.9 Å². The lowest BCUT2D eigenvalue weighted by Gasteiger charge is -2.06. The van der Waals surface area contributed by atoms with Crippen LogP contribution >= 0.6 is 15.9 Å². The van der Waals surface area contributed by atoms with Crippen molar-refractivity contribution in [2.24, 2.45) is 0 Å². The molecule has 0 unspecified atom stereocenters. The van der Waals surface area contributed by atoms with Crippen molar-refractivity contribution in [2.75, 3.05) is 0 Å². The molecule has 0 saturated heterocycles. The van der Waals surface area contributed by atoms with Gasteiger partial charge in [-0.25, -0.2) is 18.6 Å². The van der Waals surface area contributed by atoms with Crippen molar-refractivity contribution in [1.82, 2.24) is 4.98 Å². The molecule has 1 N–H and O–H groups in total. The average Bonchev–Trinajstić information content (AvgIpc) is 2.15. The Kier molecular flexibility index (Phi) is 3.67. The topological polar surface area (TPSA) is 50.2 Å². The van der Waals surface area contributed by atoms with Gasteiger partial charge in [0.25, 0.3) is 6.43 Å². The van der Waals surface area contributed by atoms with E-state index in [1.54, 1.807) is 0 Å². The van der Waals surface area contributed by atoms with Crippen molar-refractivity contribution in [3.63, 3.8) is 0 Å². The molecule has 0 aliphatic rings. The number of aromatic nitrogens is 1. The van der Waals surface area contributed by atoms with Crippen molar-refractivity contribution in [3.05, 3.63) is 28.8 Å². The maximum Gasteiger partial charge on any atom is 0.340 e. The summed E-state index contributed by atoms with van der Waals surface area (Å²) in [5, 5.41) is 8.58. The molecule has 0 aliphatic heterocycles. The van der Waals surface area contributed by atoms with Crippen LogP contribution in [0.4, 0.5) is 13.2 Å². The molecular formula is C8H5BrF3NO2. The molecule has 0 saturated carbocycles. The fraction of sp³-hybridized carbons (Fsp3) is 0.250. The maximum absolute atomic E-state index is 13.1. The number of hydrogen-bond acceptors (Lipinski definition) is 2. The predicted molar refractivity (Wildman–Crippen MR) is 48.7 cm³/mol. The lowest BCUT2D eigenvalue weighted by atomic mass is 10.1. The molecular weight excluding hydrogens is 279 g/mol. The van der Waals surface area contributed by atoms with Crippen LogP contribution in [0.15, 0.2) is 6.07 Å². The zero-order valence-corrected chi connectivity index (χ0v) is 8.76. The van der Waals surface area contributed by atoms with Gasteiger partial charge in [0, 0.05) is 5.33 Å². The number of pyridine rings is 1. The van der Waals surface area contributed by atoms with E-state index in [2.05, 4.69) is 20.9 Å². The number of hydrogen-bond donors (Lipinski definition) is 1. The molecule has 7 heteroatoms. The van der Waals surface area contributed by atoms with E-state index in [9.17, 15) is 18.0 Å². The van der Waals surface area contributed by atoms with Crippen molar-refractivity contribution in [3.8, 4) is 0 Å². The van der Waals surface area contributed by atoms with Gasteiger partial charge in [0.2, 0.25) is 5.95 Å². The summed E-state index contributed by atoms with van der Waals surface area (Å²) in [5.41, 5.74) is -1.52. The Hall–Kier alpha value is -1.11. The highest BCUT2D eigenvalue weighted by atomic mass is 79.9. The smallest absolute Gasteiger partial charge is 0.340 e. The first-order valence-corrected chi connectivity index (χ1v) is 4.86. The highest BCUT2D eigenvalue weighted by Gasteiger charge is 2.21. The minimum absolute atomic E-state index is 0.0339. The molecule has 3 nitrogen and oxygen atoms in total. The van der Waals surface area contributed by atoms with Crippen LogP contribution in [-0.2, 0) is 5.33 Å². The van der Waals surface area contributed by atoms with Gasteiger partial charge in [0.15, 0.2) is 0 Å². The van der Waals surface area contributed by atoms with Crippen LogP contribution in [0.3, 0.4) is 0 Å². The first-order chi connectivity index (χ1) is 6.97. The number of carbonyl (C=O) groups is 1. The van der Waals surface area contributed by atoms with Crippen LogP contribution in [0.5, 0.6) is 0 Å². The third kappa shape index (κ3) is 2.47. The molecule has 0 aliphatic carbocycles. The number of aromatic carboxylic acids is 1. The average molecular weight is 284 g/mol. The maximum atomic E-state index is 13.1. The summed E-state index contributed by atoms with van der Waals surface area (Å²) >= 11 is 2.89. The highest BCUT2D eigenvalue weighted by molar-refractivity contribution is 9.08. The number of alkyl halides is 3. The molecule has 1 aromatic rings. The normalized spacial score (nSPS) is 10.7. The van der Waals surface area contributed by atoms with E-state index in [1.807, 2.05) is 0 Å². The van der Waals surface area contributed by atoms with Gasteiger partial charge >= 0.3 is 5.97 Å². The predicted octanol–water partition coefficient (Wildman–Crippen LogP) is 2.75. The monoisotopic (exact) mass is 283 g/mol. The van der Waals surface area contributed by atoms with Crippen LogP contribution in [0.25, 0.3) is 0 Å². The third-order valence-corrected chi connectivity index (χ3v) is 2.26. The first kappa shape index (κ1) is 12.0. The van der Waals surface area contributed by atoms with E-state index in [-0.39, 0.29) is 10.9 Å². The third-order valence-electron chi connectivity index (χ3n) is 1.66. The van der Waals surface area contributed by atoms with Crippen LogP contribution in [0.1, 0.15) is 28.0 Å². The molecule has 1 heterocycles. The van der Waals surface area contributed by atoms with E-state index in [4.69, 9.17) is 5.11 Å². The van der Waals surface area contributed by atoms with E-state index < -0.39 is 29.6 Å². The number of rotatable bonds is 3. The molecule has 1 aromatic heterocycles. The van der Waals surface area contributed by atoms with E-state index in [1.165, 1.54) is 0 Å². The number of carboxylic acids is 1. The molecule has 0 bridgehead atoms. The Bertz CT molecular complexity index is 398. The first-order valence-electron chi connectivity index (χ1n) is 3.74. The summed E-state index contributed by atoms with van der Waals surface area (Å²) in [5.74, 6) is -2.93. The lowest BCUT2D eigenvalue weighted by molar-refractivity contribution is 0.0688. The molecule has 1 rings (SSSR count). The highest BCUT2D eigenvalue weighted by Crippen LogP contribution is 2.23. The van der Waals surface area contributed by atoms with Gasteiger partial charge in [0.05, 0.1) is 0 Å². The summed E-state index contributed by atoms with van der Waals surface area (Å²) in [6, 6.07) is 0.867. The summed E-state index contributed by atoms with van der Waals surface area (Å²) in [7, 11) is 0. The van der Waals surface area contributed by atoms with Gasteiger partial charge in [-0.05, 0) is 11.6 Å². The summed E-state index contributed by atoms with van der Waals surface area (Å²) in [6.45, 7) is 0. The van der Waals surface area contributed by atoms with Crippen LogP contribution in [0, 0.1) is 5.95 Å². The van der Waals surface area contributed by atoms with Gasteiger partial charge < -0.3 is 5.11 Å². The zero-order chi connectivity index (χ0) is 11.6. The van der Waals surface area contributed by atoms with E-state index in [0.29, 0.717) is 0 Å². The second-order valence-electron chi connectivity index (χ2n) is 2.61. The Labute approximate surface area is 91.1 Å². The molecule has 0 aromatic carbocycles. The minimum atomic E-state index is -2.93. The SMILES string of the molecule is O=C(O)c1c(CBr)cc(C(F)F)nc1F. The Morgan fingerprint density at radius 1 is 1.60 bits per heavy atom. The summed E-state index contributed by atoms with van der Waals surface area (Å²) in [4.78, 5) is 13.5. The molecule has 0 radical (unpaired) electrons. The van der Waals surface area contributed by atoms with E-state index >= 15 is 0 Å². The summed E-state index contributed by atoms with van der Waals surface area (Å²) in [6.07, 6.45) is -2.93. The van der Waals surface area contributed by atoms with Crippen LogP contribution in [-0.4, -0.2) is 16.1 Å². The van der Waals surface area contributed by atoms with Crippen molar-refractivity contribution in [1.29, 1.82) is 0 Å². The van der Waals surface area contributed by atoms with Gasteiger partial charge in [-0.3, -0.25) is 0 Å². The fourth-order valence-corrected chi connectivity index (χ4v) is 1.47. The Morgan fingerprint density at radius 3 is 2.60 bits per heavy atom. The molecule has 15 heavy (non-hydrogen) atoms. The molecule has 0 spiro atoms. The lowest BCUT2D eigenvalue weighted by Crippen LogP contribution is -2.09. The standard InChI is InChI=1S/C8H5BrF3NO2/c9-2-3-1-4(6(10)11)13-7(12)5(3)8(14)15/h1,6H,2H2,(H,14,15). The minimum Gasteiger partial charge on any atom is -0.478 e. The van der Waals surface area contributed by atoms with Crippen molar-refractivity contribution in [2.45, 2.75) is 11.8 Å². The molecule has 82 valence electrons. The molecule has 0 fully saturated rings. The zero-order valence-electron chi connectivity index (χ0n) is 7.18. The van der Waals surface area contributed by atoms with Crippen molar-refractivity contribution < 1.29 is 23.1 Å². The van der Waals surface area contributed by atoms with Gasteiger partial charge in [-0.2, -0.15) is 4.39 Å². The second kappa shape index (κ2) is 4.61. The quantitative estimate of drug-likeness (QED) is 0.686. The van der Waals surface area contributed by atoms with E-state index in [0.717, 1.165) is 6.07 Å². The Morgan fingerprint density at radius 2 is 2.20 bits per heavy atom. The van der Waals surface area contributed by atoms with Crippen molar-refractivity contribution >= 4 is 21.9 Å². The summed E-state index contributed by atoms with van der Waals surface area (Å²) < 4.78 is 37.5. The molecule has 0 atom stereocenters. The van der Waals surface area contributed by atoms with Crippen LogP contribution < -0.4 is 0 Å². The Balaban J connectivity index is 3.37. The number of nitrogens with zero attached hydrogens (tertiary/aromatic N) is 1. The number of carboxylic acid groups (broad SMARTS) is 1. The largest absolute Gasteiger partial charge is 0.478 e. The van der Waals surface area contributed by atoms with Gasteiger partial charge in [-0.15, -0.1) is 0 Å². The van der Waals surface area contributed by atoms with Gasteiger partial charge in [0.1, 0.15) is 11.3 Å². The second-order valence-corrected chi connectivity index (χ2v) is 3.17. The fourth-order valence-electron chi connectivity index (χ4n) is 1.03.